The Labute approximate surface area is 182 Å². The Morgan fingerprint density at radius 3 is 2.84 bits per heavy atom. The van der Waals surface area contributed by atoms with Crippen molar-refractivity contribution in [1.82, 2.24) is 15.0 Å². The molecule has 1 atom stereocenters. The second-order valence-corrected chi connectivity index (χ2v) is 7.82. The number of hydrogen-bond acceptors (Lipinski definition) is 6. The lowest BCUT2D eigenvalue weighted by molar-refractivity contribution is -0.122. The number of nitrogens with zero attached hydrogens (tertiary/aromatic N) is 3. The molecule has 1 amide bonds. The quantitative estimate of drug-likeness (QED) is 0.614. The zero-order chi connectivity index (χ0) is 22.0. The molecule has 7 nitrogen and oxygen atoms in total. The number of hydrogen-bond donors (Lipinski definition) is 2. The first-order valence-corrected chi connectivity index (χ1v) is 10.1. The molecule has 3 aromatic rings. The summed E-state index contributed by atoms with van der Waals surface area (Å²) in [6.07, 6.45) is 4.63. The van der Waals surface area contributed by atoms with Gasteiger partial charge < -0.3 is 15.4 Å². The van der Waals surface area contributed by atoms with Gasteiger partial charge in [-0.3, -0.25) is 19.7 Å². The van der Waals surface area contributed by atoms with Gasteiger partial charge in [0.1, 0.15) is 6.61 Å². The summed E-state index contributed by atoms with van der Waals surface area (Å²) in [4.78, 5) is 25.2. The number of ether oxygens (including phenoxy) is 1. The monoisotopic (exact) mass is 447 g/mol. The molecule has 2 N–H and O–H groups in total. The zero-order valence-corrected chi connectivity index (χ0v) is 17.4. The van der Waals surface area contributed by atoms with Gasteiger partial charge in [0.25, 0.3) is 5.92 Å². The van der Waals surface area contributed by atoms with E-state index in [9.17, 15) is 13.6 Å². The largest absolute Gasteiger partial charge is 0.375 e. The summed E-state index contributed by atoms with van der Waals surface area (Å²) in [5.74, 6) is -3.44. The minimum Gasteiger partial charge on any atom is -0.375 e. The lowest BCUT2D eigenvalue weighted by Crippen LogP contribution is -2.47. The van der Waals surface area contributed by atoms with Gasteiger partial charge in [0.2, 0.25) is 5.91 Å². The number of benzene rings is 1. The van der Waals surface area contributed by atoms with E-state index in [4.69, 9.17) is 16.3 Å². The Hall–Kier alpha value is -2.91. The van der Waals surface area contributed by atoms with Gasteiger partial charge in [-0.2, -0.15) is 0 Å². The minimum absolute atomic E-state index is 0.0201. The summed E-state index contributed by atoms with van der Waals surface area (Å²) in [6, 6.07) is 3.82. The Kier molecular flexibility index (Phi) is 5.97. The van der Waals surface area contributed by atoms with Crippen molar-refractivity contribution >= 4 is 39.8 Å². The lowest BCUT2D eigenvalue weighted by Gasteiger charge is -2.33. The molecule has 1 fully saturated rings. The third-order valence-electron chi connectivity index (χ3n) is 4.95. The highest BCUT2D eigenvalue weighted by Gasteiger charge is 2.43. The number of fused-ring (bicyclic) bond motifs is 1. The summed E-state index contributed by atoms with van der Waals surface area (Å²) in [6.45, 7) is 1.35. The van der Waals surface area contributed by atoms with E-state index >= 15 is 0 Å². The number of alkyl halides is 2. The predicted octanol–water partition coefficient (Wildman–Crippen LogP) is 4.00. The first-order valence-electron chi connectivity index (χ1n) is 9.69. The molecule has 0 radical (unpaired) electrons. The van der Waals surface area contributed by atoms with Gasteiger partial charge in [-0.1, -0.05) is 11.6 Å². The van der Waals surface area contributed by atoms with Crippen LogP contribution >= 0.6 is 11.6 Å². The van der Waals surface area contributed by atoms with Crippen LogP contribution in [0.2, 0.25) is 5.02 Å². The van der Waals surface area contributed by atoms with Crippen LogP contribution in [-0.4, -0.2) is 46.0 Å². The van der Waals surface area contributed by atoms with E-state index in [2.05, 4.69) is 25.6 Å². The van der Waals surface area contributed by atoms with Crippen LogP contribution in [0.4, 0.5) is 20.2 Å². The van der Waals surface area contributed by atoms with Gasteiger partial charge >= 0.3 is 0 Å². The Bertz CT molecular complexity index is 1110. The molecular weight excluding hydrogens is 428 g/mol. The Morgan fingerprint density at radius 2 is 2.10 bits per heavy atom. The number of nitrogens with one attached hydrogen (secondary N) is 2. The van der Waals surface area contributed by atoms with Crippen LogP contribution in [0.15, 0.2) is 36.8 Å². The number of rotatable bonds is 5. The molecule has 10 heteroatoms. The zero-order valence-electron chi connectivity index (χ0n) is 16.7. The van der Waals surface area contributed by atoms with Gasteiger partial charge in [-0.25, -0.2) is 8.78 Å². The number of aryl methyl sites for hydroxylation is 1. The molecule has 2 aromatic heterocycles. The van der Waals surface area contributed by atoms with Gasteiger partial charge in [-0.05, 0) is 31.5 Å². The second kappa shape index (κ2) is 8.68. The Morgan fingerprint density at radius 1 is 1.26 bits per heavy atom. The summed E-state index contributed by atoms with van der Waals surface area (Å²) >= 11 is 6.14. The molecule has 1 unspecified atom stereocenters. The van der Waals surface area contributed by atoms with Crippen molar-refractivity contribution in [3.8, 4) is 0 Å². The molecule has 4 rings (SSSR count). The average molecular weight is 448 g/mol. The highest BCUT2D eigenvalue weighted by molar-refractivity contribution is 6.31. The van der Waals surface area contributed by atoms with Crippen LogP contribution in [0, 0.1) is 6.92 Å². The third kappa shape index (κ3) is 4.88. The lowest BCUT2D eigenvalue weighted by atomic mass is 10.0. The van der Waals surface area contributed by atoms with Crippen molar-refractivity contribution < 1.29 is 18.3 Å². The number of anilines is 2. The molecule has 0 saturated carbocycles. The van der Waals surface area contributed by atoms with Gasteiger partial charge in [0, 0.05) is 29.4 Å². The molecule has 1 saturated heterocycles. The van der Waals surface area contributed by atoms with E-state index in [-0.39, 0.29) is 31.0 Å². The van der Waals surface area contributed by atoms with Crippen LogP contribution in [-0.2, 0) is 16.0 Å². The predicted molar refractivity (Wildman–Crippen MR) is 114 cm³/mol. The molecule has 31 heavy (non-hydrogen) atoms. The van der Waals surface area contributed by atoms with E-state index in [0.717, 1.165) is 5.69 Å². The first-order chi connectivity index (χ1) is 14.8. The number of amides is 1. The number of pyridine rings is 1. The maximum atomic E-state index is 14.4. The van der Waals surface area contributed by atoms with Crippen LogP contribution in [0.25, 0.3) is 10.9 Å². The highest BCUT2D eigenvalue weighted by Crippen LogP contribution is 2.36. The SMILES string of the molecule is Cc1cnc(CC(=O)Nc2cnc3ccc(Cl)cc3c2NC2CCOCC2(F)F)cn1. The van der Waals surface area contributed by atoms with Crippen molar-refractivity contribution in [2.45, 2.75) is 31.7 Å². The van der Waals surface area contributed by atoms with Crippen LogP contribution in [0.1, 0.15) is 17.8 Å². The normalized spacial score (nSPS) is 18.0. The molecule has 0 bridgehead atoms. The van der Waals surface area contributed by atoms with E-state index in [1.807, 2.05) is 0 Å². The van der Waals surface area contributed by atoms with E-state index in [1.54, 1.807) is 31.3 Å². The average Bonchev–Trinajstić information content (AvgIpc) is 2.72. The summed E-state index contributed by atoms with van der Waals surface area (Å²) in [5, 5.41) is 6.62. The second-order valence-electron chi connectivity index (χ2n) is 7.38. The fraction of sp³-hybridized carbons (Fsp3) is 0.333. The molecule has 1 aromatic carbocycles. The smallest absolute Gasteiger partial charge is 0.290 e. The molecular formula is C21H20ClF2N5O2. The van der Waals surface area contributed by atoms with Gasteiger partial charge in [0.05, 0.1) is 46.9 Å². The van der Waals surface area contributed by atoms with Crippen LogP contribution in [0.5, 0.6) is 0 Å². The van der Waals surface area contributed by atoms with E-state index in [1.165, 1.54) is 12.4 Å². The minimum atomic E-state index is -3.06. The maximum Gasteiger partial charge on any atom is 0.290 e. The van der Waals surface area contributed by atoms with Crippen molar-refractivity contribution in [1.29, 1.82) is 0 Å². The van der Waals surface area contributed by atoms with E-state index < -0.39 is 18.6 Å². The van der Waals surface area contributed by atoms with Gasteiger partial charge in [0.15, 0.2) is 0 Å². The summed E-state index contributed by atoms with van der Waals surface area (Å²) < 4.78 is 33.8. The molecule has 1 aliphatic heterocycles. The molecule has 3 heterocycles. The Balaban J connectivity index is 1.66. The summed E-state index contributed by atoms with van der Waals surface area (Å²) in [5.41, 5.74) is 2.41. The maximum absolute atomic E-state index is 14.4. The number of halogens is 3. The van der Waals surface area contributed by atoms with Crippen LogP contribution in [0.3, 0.4) is 0 Å². The highest BCUT2D eigenvalue weighted by atomic mass is 35.5. The van der Waals surface area contributed by atoms with Crippen molar-refractivity contribution in [3.63, 3.8) is 0 Å². The molecule has 0 aliphatic carbocycles. The molecule has 162 valence electrons. The standard InChI is InChI=1S/C21H20ClF2N5O2/c1-12-8-26-14(9-25-12)7-19(30)28-17-10-27-16-3-2-13(22)6-15(16)20(17)29-18-4-5-31-11-21(18,23)24/h2-3,6,8-10,18H,4-5,7,11H2,1H3,(H,27,29)(H,28,30). The van der Waals surface area contributed by atoms with Crippen LogP contribution < -0.4 is 10.6 Å². The first kappa shape index (κ1) is 21.3. The van der Waals surface area contributed by atoms with E-state index in [0.29, 0.717) is 27.3 Å². The van der Waals surface area contributed by atoms with Crippen molar-refractivity contribution in [2.75, 3.05) is 23.8 Å². The van der Waals surface area contributed by atoms with Crippen molar-refractivity contribution in [2.24, 2.45) is 0 Å². The van der Waals surface area contributed by atoms with Gasteiger partial charge in [-0.15, -0.1) is 0 Å². The topological polar surface area (TPSA) is 89.0 Å². The fourth-order valence-corrected chi connectivity index (χ4v) is 3.53. The molecule has 0 spiro atoms. The number of aromatic nitrogens is 3. The van der Waals surface area contributed by atoms with Crippen molar-refractivity contribution in [3.05, 3.63) is 53.2 Å². The fourth-order valence-electron chi connectivity index (χ4n) is 3.36. The number of carbonyl (C=O) groups excluding carboxylic acids is 1. The molecule has 1 aliphatic rings. The number of carbonyl (C=O) groups is 1. The third-order valence-corrected chi connectivity index (χ3v) is 5.19. The summed E-state index contributed by atoms with van der Waals surface area (Å²) in [7, 11) is 0.